The van der Waals surface area contributed by atoms with Crippen molar-refractivity contribution in [2.45, 2.75) is 25.8 Å². The van der Waals surface area contributed by atoms with Crippen molar-refractivity contribution in [1.29, 1.82) is 0 Å². The third-order valence-electron chi connectivity index (χ3n) is 4.47. The zero-order valence-electron chi connectivity index (χ0n) is 13.7. The molecule has 1 aromatic rings. The lowest BCUT2D eigenvalue weighted by atomic mass is 10.0. The highest BCUT2D eigenvalue weighted by atomic mass is 16.5. The predicted octanol–water partition coefficient (Wildman–Crippen LogP) is 0.520. The van der Waals surface area contributed by atoms with Gasteiger partial charge in [0.25, 0.3) is 0 Å². The first-order valence-corrected chi connectivity index (χ1v) is 8.34. The van der Waals surface area contributed by atoms with Gasteiger partial charge in [-0.25, -0.2) is 9.97 Å². The second-order valence-electron chi connectivity index (χ2n) is 6.23. The van der Waals surface area contributed by atoms with Gasteiger partial charge < -0.3 is 15.0 Å². The molecule has 0 radical (unpaired) electrons. The summed E-state index contributed by atoms with van der Waals surface area (Å²) in [5.74, 6) is 1.12. The molecule has 23 heavy (non-hydrogen) atoms. The number of morpholine rings is 1. The average Bonchev–Trinajstić information content (AvgIpc) is 2.57. The van der Waals surface area contributed by atoms with E-state index in [1.807, 2.05) is 17.9 Å². The van der Waals surface area contributed by atoms with Gasteiger partial charge >= 0.3 is 0 Å². The Balaban J connectivity index is 1.42. The van der Waals surface area contributed by atoms with Crippen LogP contribution in [0.5, 0.6) is 0 Å². The SMILES string of the molecule is Cc1cc(NC2CCN(CC(=O)N3CCOCC3)CC2)ncn1. The molecule has 0 bridgehead atoms. The van der Waals surface area contributed by atoms with E-state index in [1.165, 1.54) is 0 Å². The van der Waals surface area contributed by atoms with Gasteiger partial charge in [0.2, 0.25) is 5.91 Å². The third-order valence-corrected chi connectivity index (χ3v) is 4.47. The zero-order chi connectivity index (χ0) is 16.1. The van der Waals surface area contributed by atoms with E-state index in [9.17, 15) is 4.79 Å². The molecule has 2 fully saturated rings. The number of carbonyl (C=O) groups excluding carboxylic acids is 1. The van der Waals surface area contributed by atoms with Crippen LogP contribution in [-0.4, -0.2) is 77.7 Å². The van der Waals surface area contributed by atoms with Crippen LogP contribution in [0.2, 0.25) is 0 Å². The Morgan fingerprint density at radius 1 is 1.26 bits per heavy atom. The van der Waals surface area contributed by atoms with E-state index >= 15 is 0 Å². The number of anilines is 1. The highest BCUT2D eigenvalue weighted by Crippen LogP contribution is 2.15. The van der Waals surface area contributed by atoms with E-state index < -0.39 is 0 Å². The van der Waals surface area contributed by atoms with Crippen LogP contribution in [0.3, 0.4) is 0 Å². The fourth-order valence-electron chi connectivity index (χ4n) is 3.08. The lowest BCUT2D eigenvalue weighted by Crippen LogP contribution is -2.48. The van der Waals surface area contributed by atoms with Crippen molar-refractivity contribution in [3.8, 4) is 0 Å². The second-order valence-corrected chi connectivity index (χ2v) is 6.23. The van der Waals surface area contributed by atoms with E-state index in [1.54, 1.807) is 6.33 Å². The molecule has 0 spiro atoms. The van der Waals surface area contributed by atoms with Gasteiger partial charge in [-0.05, 0) is 19.8 Å². The molecule has 0 atom stereocenters. The molecule has 3 rings (SSSR count). The summed E-state index contributed by atoms with van der Waals surface area (Å²) in [5.41, 5.74) is 0.969. The highest BCUT2D eigenvalue weighted by Gasteiger charge is 2.24. The van der Waals surface area contributed by atoms with Gasteiger partial charge in [0.1, 0.15) is 12.1 Å². The van der Waals surface area contributed by atoms with Gasteiger partial charge in [0.15, 0.2) is 0 Å². The Labute approximate surface area is 137 Å². The first-order chi connectivity index (χ1) is 11.2. The van der Waals surface area contributed by atoms with Gasteiger partial charge in [0.05, 0.1) is 19.8 Å². The van der Waals surface area contributed by atoms with Crippen LogP contribution in [0, 0.1) is 6.92 Å². The van der Waals surface area contributed by atoms with Crippen molar-refractivity contribution in [1.82, 2.24) is 19.8 Å². The fourth-order valence-corrected chi connectivity index (χ4v) is 3.08. The number of hydrogen-bond acceptors (Lipinski definition) is 6. The molecule has 7 heteroatoms. The molecule has 1 N–H and O–H groups in total. The summed E-state index contributed by atoms with van der Waals surface area (Å²) in [4.78, 5) is 24.8. The normalized spacial score (nSPS) is 20.5. The number of aryl methyl sites for hydroxylation is 1. The van der Waals surface area contributed by atoms with Crippen LogP contribution in [0.15, 0.2) is 12.4 Å². The first-order valence-electron chi connectivity index (χ1n) is 8.34. The smallest absolute Gasteiger partial charge is 0.236 e. The minimum atomic E-state index is 0.228. The summed E-state index contributed by atoms with van der Waals surface area (Å²) in [7, 11) is 0. The number of ether oxygens (including phenoxy) is 1. The average molecular weight is 319 g/mol. The zero-order valence-corrected chi connectivity index (χ0v) is 13.7. The first kappa shape index (κ1) is 16.1. The molecule has 3 heterocycles. The maximum absolute atomic E-state index is 12.3. The molecular weight excluding hydrogens is 294 g/mol. The van der Waals surface area contributed by atoms with Gasteiger partial charge in [-0.3, -0.25) is 9.69 Å². The Hall–Kier alpha value is -1.73. The lowest BCUT2D eigenvalue weighted by molar-refractivity contribution is -0.136. The number of nitrogens with one attached hydrogen (secondary N) is 1. The molecule has 1 amide bonds. The topological polar surface area (TPSA) is 70.6 Å². The minimum absolute atomic E-state index is 0.228. The molecule has 7 nitrogen and oxygen atoms in total. The summed E-state index contributed by atoms with van der Waals surface area (Å²) in [6, 6.07) is 2.38. The monoisotopic (exact) mass is 319 g/mol. The van der Waals surface area contributed by atoms with E-state index in [2.05, 4.69) is 20.2 Å². The standard InChI is InChI=1S/C16H25N5O2/c1-13-10-15(18-12-17-13)19-14-2-4-20(5-3-14)11-16(22)21-6-8-23-9-7-21/h10,12,14H,2-9,11H2,1H3,(H,17,18,19). The summed E-state index contributed by atoms with van der Waals surface area (Å²) in [5, 5.41) is 3.47. The number of piperidine rings is 1. The maximum atomic E-state index is 12.3. The van der Waals surface area contributed by atoms with E-state index in [-0.39, 0.29) is 5.91 Å². The molecule has 0 saturated carbocycles. The Bertz CT molecular complexity index is 525. The molecule has 0 aliphatic carbocycles. The van der Waals surface area contributed by atoms with E-state index in [0.717, 1.165) is 50.5 Å². The molecule has 1 aromatic heterocycles. The summed E-state index contributed by atoms with van der Waals surface area (Å²) in [6.45, 7) is 7.15. The Kier molecular flexibility index (Phi) is 5.40. The predicted molar refractivity (Wildman–Crippen MR) is 87.3 cm³/mol. The molecule has 2 saturated heterocycles. The Morgan fingerprint density at radius 2 is 2.00 bits per heavy atom. The lowest BCUT2D eigenvalue weighted by Gasteiger charge is -2.34. The maximum Gasteiger partial charge on any atom is 0.236 e. The molecule has 0 unspecified atom stereocenters. The number of carbonyl (C=O) groups is 1. The number of amides is 1. The van der Waals surface area contributed by atoms with Crippen molar-refractivity contribution < 1.29 is 9.53 Å². The van der Waals surface area contributed by atoms with Crippen LogP contribution in [0.1, 0.15) is 18.5 Å². The third kappa shape index (κ3) is 4.62. The molecule has 0 aromatic carbocycles. The van der Waals surface area contributed by atoms with E-state index in [0.29, 0.717) is 25.8 Å². The van der Waals surface area contributed by atoms with Gasteiger partial charge in [0, 0.05) is 44.0 Å². The molecule has 2 aliphatic rings. The molecular formula is C16H25N5O2. The summed E-state index contributed by atoms with van der Waals surface area (Å²) < 4.78 is 5.29. The number of rotatable bonds is 4. The number of likely N-dealkylation sites (tertiary alicyclic amines) is 1. The van der Waals surface area contributed by atoms with Crippen LogP contribution in [-0.2, 0) is 9.53 Å². The Morgan fingerprint density at radius 3 is 2.70 bits per heavy atom. The van der Waals surface area contributed by atoms with Gasteiger partial charge in [-0.2, -0.15) is 0 Å². The highest BCUT2D eigenvalue weighted by molar-refractivity contribution is 5.78. The minimum Gasteiger partial charge on any atom is -0.378 e. The molecule has 2 aliphatic heterocycles. The quantitative estimate of drug-likeness (QED) is 0.872. The van der Waals surface area contributed by atoms with Crippen LogP contribution < -0.4 is 5.32 Å². The largest absolute Gasteiger partial charge is 0.378 e. The van der Waals surface area contributed by atoms with E-state index in [4.69, 9.17) is 4.74 Å². The summed E-state index contributed by atoms with van der Waals surface area (Å²) in [6.07, 6.45) is 3.65. The van der Waals surface area contributed by atoms with Crippen LogP contribution in [0.4, 0.5) is 5.82 Å². The number of hydrogen-bond donors (Lipinski definition) is 1. The second kappa shape index (κ2) is 7.70. The number of nitrogens with zero attached hydrogens (tertiary/aromatic N) is 4. The van der Waals surface area contributed by atoms with Crippen LogP contribution in [0.25, 0.3) is 0 Å². The number of aromatic nitrogens is 2. The van der Waals surface area contributed by atoms with Crippen molar-refractivity contribution >= 4 is 11.7 Å². The fraction of sp³-hybridized carbons (Fsp3) is 0.688. The van der Waals surface area contributed by atoms with Gasteiger partial charge in [-0.1, -0.05) is 0 Å². The van der Waals surface area contributed by atoms with Crippen molar-refractivity contribution in [3.05, 3.63) is 18.1 Å². The van der Waals surface area contributed by atoms with Gasteiger partial charge in [-0.15, -0.1) is 0 Å². The van der Waals surface area contributed by atoms with Crippen molar-refractivity contribution in [3.63, 3.8) is 0 Å². The van der Waals surface area contributed by atoms with Crippen molar-refractivity contribution in [2.75, 3.05) is 51.3 Å². The van der Waals surface area contributed by atoms with Crippen LogP contribution >= 0.6 is 0 Å². The van der Waals surface area contributed by atoms with Crippen molar-refractivity contribution in [2.24, 2.45) is 0 Å². The molecule has 126 valence electrons. The summed E-state index contributed by atoms with van der Waals surface area (Å²) >= 11 is 0.